The molecule has 0 saturated carbocycles. The standard InChI is InChI=1S/C25H31N3O2/c1-20-8-10-22(11-9-20)18-28-19-23(16-24(28)29)25(30)27-13-5-12-26(14-15-27)17-21-6-3-2-4-7-21/h2-4,6-11,23H,5,12-19H2,1H3/t23-/m1/s1. The number of hydrogen-bond donors (Lipinski definition) is 0. The summed E-state index contributed by atoms with van der Waals surface area (Å²) in [7, 11) is 0. The van der Waals surface area contributed by atoms with Crippen molar-refractivity contribution in [1.29, 1.82) is 0 Å². The van der Waals surface area contributed by atoms with Gasteiger partial charge >= 0.3 is 0 Å². The Morgan fingerprint density at radius 3 is 2.40 bits per heavy atom. The molecule has 2 heterocycles. The predicted molar refractivity (Wildman–Crippen MR) is 118 cm³/mol. The van der Waals surface area contributed by atoms with Gasteiger partial charge in [0.15, 0.2) is 0 Å². The van der Waals surface area contributed by atoms with Gasteiger partial charge in [-0.2, -0.15) is 0 Å². The molecule has 158 valence electrons. The molecule has 4 rings (SSSR count). The number of nitrogens with zero attached hydrogens (tertiary/aromatic N) is 3. The minimum atomic E-state index is -0.205. The molecule has 0 unspecified atom stereocenters. The smallest absolute Gasteiger partial charge is 0.228 e. The number of hydrogen-bond acceptors (Lipinski definition) is 3. The Bertz CT molecular complexity index is 866. The largest absolute Gasteiger partial charge is 0.341 e. The topological polar surface area (TPSA) is 43.9 Å². The van der Waals surface area contributed by atoms with E-state index in [1.165, 1.54) is 11.1 Å². The average Bonchev–Trinajstić information content (AvgIpc) is 2.96. The summed E-state index contributed by atoms with van der Waals surface area (Å²) in [5, 5.41) is 0. The number of rotatable bonds is 5. The summed E-state index contributed by atoms with van der Waals surface area (Å²) in [4.78, 5) is 31.9. The molecule has 5 nitrogen and oxygen atoms in total. The average molecular weight is 406 g/mol. The third kappa shape index (κ3) is 5.08. The molecule has 0 spiro atoms. The van der Waals surface area contributed by atoms with Crippen LogP contribution in [0.4, 0.5) is 0 Å². The van der Waals surface area contributed by atoms with Gasteiger partial charge in [0.1, 0.15) is 0 Å². The summed E-state index contributed by atoms with van der Waals surface area (Å²) < 4.78 is 0. The van der Waals surface area contributed by atoms with E-state index in [4.69, 9.17) is 0 Å². The summed E-state index contributed by atoms with van der Waals surface area (Å²) >= 11 is 0. The Morgan fingerprint density at radius 2 is 1.63 bits per heavy atom. The van der Waals surface area contributed by atoms with E-state index in [0.29, 0.717) is 19.5 Å². The highest BCUT2D eigenvalue weighted by Gasteiger charge is 2.36. The quantitative estimate of drug-likeness (QED) is 0.768. The molecule has 2 aromatic rings. The van der Waals surface area contributed by atoms with E-state index in [1.807, 2.05) is 15.9 Å². The Balaban J connectivity index is 1.31. The van der Waals surface area contributed by atoms with Crippen LogP contribution in [0.5, 0.6) is 0 Å². The van der Waals surface area contributed by atoms with Crippen LogP contribution in [0, 0.1) is 12.8 Å². The van der Waals surface area contributed by atoms with E-state index in [-0.39, 0.29) is 17.7 Å². The molecule has 0 aliphatic carbocycles. The van der Waals surface area contributed by atoms with E-state index in [0.717, 1.165) is 44.7 Å². The second-order valence-corrected chi connectivity index (χ2v) is 8.60. The summed E-state index contributed by atoms with van der Waals surface area (Å²) in [6.45, 7) is 7.53. The second-order valence-electron chi connectivity index (χ2n) is 8.60. The highest BCUT2D eigenvalue weighted by atomic mass is 16.2. The normalized spacial score (nSPS) is 20.4. The van der Waals surface area contributed by atoms with Crippen molar-refractivity contribution in [2.75, 3.05) is 32.7 Å². The molecule has 1 atom stereocenters. The van der Waals surface area contributed by atoms with Crippen LogP contribution in [0.3, 0.4) is 0 Å². The first-order chi connectivity index (χ1) is 14.6. The molecule has 0 radical (unpaired) electrons. The van der Waals surface area contributed by atoms with Gasteiger partial charge in [-0.15, -0.1) is 0 Å². The minimum Gasteiger partial charge on any atom is -0.341 e. The number of carbonyl (C=O) groups is 2. The van der Waals surface area contributed by atoms with Crippen LogP contribution in [-0.4, -0.2) is 59.2 Å². The van der Waals surface area contributed by atoms with Crippen molar-refractivity contribution >= 4 is 11.8 Å². The summed E-state index contributed by atoms with van der Waals surface area (Å²) in [5.74, 6) is 0.0365. The first-order valence-electron chi connectivity index (χ1n) is 11.0. The monoisotopic (exact) mass is 405 g/mol. The molecule has 2 aromatic carbocycles. The van der Waals surface area contributed by atoms with Crippen LogP contribution in [0.15, 0.2) is 54.6 Å². The predicted octanol–water partition coefficient (Wildman–Crippen LogP) is 3.08. The Labute approximate surface area is 179 Å². The van der Waals surface area contributed by atoms with Crippen molar-refractivity contribution < 1.29 is 9.59 Å². The molecule has 2 aliphatic heterocycles. The van der Waals surface area contributed by atoms with Crippen molar-refractivity contribution in [3.8, 4) is 0 Å². The number of amides is 2. The van der Waals surface area contributed by atoms with Gasteiger partial charge in [-0.1, -0.05) is 60.2 Å². The van der Waals surface area contributed by atoms with E-state index >= 15 is 0 Å². The molecular weight excluding hydrogens is 374 g/mol. The Kier molecular flexibility index (Phi) is 6.48. The van der Waals surface area contributed by atoms with Gasteiger partial charge in [0.25, 0.3) is 0 Å². The third-order valence-corrected chi connectivity index (χ3v) is 6.21. The van der Waals surface area contributed by atoms with E-state index in [1.54, 1.807) is 0 Å². The maximum Gasteiger partial charge on any atom is 0.228 e. The molecule has 0 bridgehead atoms. The van der Waals surface area contributed by atoms with E-state index < -0.39 is 0 Å². The van der Waals surface area contributed by atoms with Gasteiger partial charge in [-0.3, -0.25) is 14.5 Å². The number of carbonyl (C=O) groups excluding carboxylic acids is 2. The number of likely N-dealkylation sites (tertiary alicyclic amines) is 1. The van der Waals surface area contributed by atoms with Crippen LogP contribution in [0.1, 0.15) is 29.5 Å². The van der Waals surface area contributed by atoms with Gasteiger partial charge in [-0.25, -0.2) is 0 Å². The summed E-state index contributed by atoms with van der Waals surface area (Å²) in [6, 6.07) is 18.7. The van der Waals surface area contributed by atoms with E-state index in [2.05, 4.69) is 60.4 Å². The molecule has 0 aromatic heterocycles. The lowest BCUT2D eigenvalue weighted by Gasteiger charge is -2.24. The molecule has 2 aliphatic rings. The van der Waals surface area contributed by atoms with Crippen molar-refractivity contribution in [2.24, 2.45) is 5.92 Å². The van der Waals surface area contributed by atoms with Gasteiger partial charge < -0.3 is 9.80 Å². The van der Waals surface area contributed by atoms with Crippen molar-refractivity contribution in [3.63, 3.8) is 0 Å². The maximum absolute atomic E-state index is 13.1. The molecule has 2 amide bonds. The lowest BCUT2D eigenvalue weighted by Crippen LogP contribution is -2.39. The molecule has 2 saturated heterocycles. The molecule has 30 heavy (non-hydrogen) atoms. The molecule has 5 heteroatoms. The van der Waals surface area contributed by atoms with Gasteiger partial charge in [0, 0.05) is 52.2 Å². The zero-order valence-electron chi connectivity index (χ0n) is 17.8. The summed E-state index contributed by atoms with van der Waals surface area (Å²) in [6.07, 6.45) is 1.32. The molecular formula is C25H31N3O2. The van der Waals surface area contributed by atoms with Gasteiger partial charge in [-0.05, 0) is 24.5 Å². The summed E-state index contributed by atoms with van der Waals surface area (Å²) in [5.41, 5.74) is 3.64. The van der Waals surface area contributed by atoms with Crippen LogP contribution < -0.4 is 0 Å². The van der Waals surface area contributed by atoms with Crippen LogP contribution >= 0.6 is 0 Å². The van der Waals surface area contributed by atoms with Crippen molar-refractivity contribution in [1.82, 2.24) is 14.7 Å². The minimum absolute atomic E-state index is 0.0921. The number of benzene rings is 2. The van der Waals surface area contributed by atoms with Crippen LogP contribution in [0.2, 0.25) is 0 Å². The maximum atomic E-state index is 13.1. The Hall–Kier alpha value is -2.66. The first-order valence-corrected chi connectivity index (χ1v) is 11.0. The first kappa shape index (κ1) is 20.6. The fourth-order valence-electron chi connectivity index (χ4n) is 4.45. The molecule has 2 fully saturated rings. The lowest BCUT2D eigenvalue weighted by atomic mass is 10.1. The Morgan fingerprint density at radius 1 is 0.900 bits per heavy atom. The number of aryl methyl sites for hydroxylation is 1. The highest BCUT2D eigenvalue weighted by Crippen LogP contribution is 2.23. The SMILES string of the molecule is Cc1ccc(CN2C[C@H](C(=O)N3CCCN(Cc4ccccc4)CC3)CC2=O)cc1. The lowest BCUT2D eigenvalue weighted by molar-refractivity contribution is -0.135. The zero-order valence-corrected chi connectivity index (χ0v) is 17.8. The van der Waals surface area contributed by atoms with Gasteiger partial charge in [0.05, 0.1) is 5.92 Å². The van der Waals surface area contributed by atoms with E-state index in [9.17, 15) is 9.59 Å². The highest BCUT2D eigenvalue weighted by molar-refractivity contribution is 5.89. The second kappa shape index (κ2) is 9.43. The fourth-order valence-corrected chi connectivity index (χ4v) is 4.45. The van der Waals surface area contributed by atoms with Gasteiger partial charge in [0.2, 0.25) is 11.8 Å². The fraction of sp³-hybridized carbons (Fsp3) is 0.440. The van der Waals surface area contributed by atoms with Crippen LogP contribution in [-0.2, 0) is 22.7 Å². The van der Waals surface area contributed by atoms with Crippen molar-refractivity contribution in [2.45, 2.75) is 32.9 Å². The molecule has 0 N–H and O–H groups in total. The van der Waals surface area contributed by atoms with Crippen LogP contribution in [0.25, 0.3) is 0 Å². The zero-order chi connectivity index (χ0) is 20.9. The van der Waals surface area contributed by atoms with Crippen molar-refractivity contribution in [3.05, 3.63) is 71.3 Å². The third-order valence-electron chi connectivity index (χ3n) is 6.21.